The van der Waals surface area contributed by atoms with E-state index in [0.29, 0.717) is 0 Å². The minimum atomic E-state index is -0.653. The van der Waals surface area contributed by atoms with Gasteiger partial charge in [-0.2, -0.15) is 0 Å². The van der Waals surface area contributed by atoms with Crippen molar-refractivity contribution in [3.63, 3.8) is 0 Å². The average molecular weight is 194 g/mol. The molecule has 1 aromatic heterocycles. The number of carbonyl (C=O) groups is 1. The van der Waals surface area contributed by atoms with Gasteiger partial charge in [-0.15, -0.1) is 0 Å². The van der Waals surface area contributed by atoms with Crippen LogP contribution in [0.1, 0.15) is 10.4 Å². The maximum absolute atomic E-state index is 10.5. The van der Waals surface area contributed by atoms with Crippen LogP contribution in [-0.4, -0.2) is 16.0 Å². The smallest absolute Gasteiger partial charge is 0.252 e. The van der Waals surface area contributed by atoms with Crippen molar-refractivity contribution in [2.45, 2.75) is 0 Å². The Balaban J connectivity index is 0.000001000. The van der Waals surface area contributed by atoms with Gasteiger partial charge in [0.25, 0.3) is 5.91 Å². The van der Waals surface area contributed by atoms with Gasteiger partial charge in [0.15, 0.2) is 0 Å². The second-order valence-corrected chi connectivity index (χ2v) is 1.76. The molecule has 11 heavy (non-hydrogen) atoms. The van der Waals surface area contributed by atoms with Gasteiger partial charge in [-0.05, 0) is 6.07 Å². The van der Waals surface area contributed by atoms with Gasteiger partial charge in [0.05, 0.1) is 11.8 Å². The molecule has 0 unspecified atom stereocenters. The number of amides is 1. The summed E-state index contributed by atoms with van der Waals surface area (Å²) >= 11 is 0. The van der Waals surface area contributed by atoms with E-state index < -0.39 is 5.91 Å². The molecule has 0 aliphatic rings. The van der Waals surface area contributed by atoms with Crippen molar-refractivity contribution in [2.75, 3.05) is 0 Å². The van der Waals surface area contributed by atoms with E-state index >= 15 is 0 Å². The van der Waals surface area contributed by atoms with Gasteiger partial charge in [-0.3, -0.25) is 9.78 Å². The van der Waals surface area contributed by atoms with Crippen LogP contribution >= 0.6 is 0 Å². The Labute approximate surface area is 73.9 Å². The van der Waals surface area contributed by atoms with Crippen LogP contribution < -0.4 is 5.73 Å². The van der Waals surface area contributed by atoms with E-state index in [1.54, 1.807) is 0 Å². The Bertz CT molecular complexity index is 265. The molecule has 1 aromatic rings. The van der Waals surface area contributed by atoms with E-state index in [0.717, 1.165) is 0 Å². The van der Waals surface area contributed by atoms with Gasteiger partial charge >= 0.3 is 0 Å². The molecule has 0 aromatic carbocycles. The molecule has 0 fully saturated rings. The fraction of sp³-hybridized carbons (Fsp3) is 0. The van der Waals surface area contributed by atoms with Crippen LogP contribution in [-0.2, 0) is 17.1 Å². The fourth-order valence-corrected chi connectivity index (χ4v) is 0.594. The molecular weight excluding hydrogens is 188 g/mol. The zero-order valence-electron chi connectivity index (χ0n) is 5.47. The second-order valence-electron chi connectivity index (χ2n) is 1.76. The zero-order chi connectivity index (χ0) is 7.56. The number of hydrogen-bond acceptors (Lipinski definition) is 3. The monoisotopic (exact) mass is 194 g/mol. The Kier molecular flexibility index (Phi) is 3.57. The summed E-state index contributed by atoms with van der Waals surface area (Å²) in [6.45, 7) is 0. The Morgan fingerprint density at radius 1 is 1.64 bits per heavy atom. The largest absolute Gasteiger partial charge is 0.505 e. The molecule has 3 N–H and O–H groups in total. The van der Waals surface area contributed by atoms with Crippen LogP contribution in [0.3, 0.4) is 0 Å². The van der Waals surface area contributed by atoms with Crippen LogP contribution in [0.25, 0.3) is 0 Å². The summed E-state index contributed by atoms with van der Waals surface area (Å²) in [4.78, 5) is 14.0. The number of hydrogen-bond donors (Lipinski definition) is 2. The molecular formula is C6H6FeN2O2. The standard InChI is InChI=1S/C6H6N2O2.Fe/c7-6(10)4-1-2-8-3-5(4)9;/h1-3,9H,(H2,7,10);. The number of aromatic nitrogens is 1. The van der Waals surface area contributed by atoms with E-state index in [4.69, 9.17) is 10.8 Å². The minimum Gasteiger partial charge on any atom is -0.505 e. The van der Waals surface area contributed by atoms with E-state index in [1.165, 1.54) is 18.5 Å². The molecule has 0 aliphatic carbocycles. The summed E-state index contributed by atoms with van der Waals surface area (Å²) in [6.07, 6.45) is 2.56. The second kappa shape index (κ2) is 3.95. The van der Waals surface area contributed by atoms with Gasteiger partial charge in [-0.1, -0.05) is 0 Å². The minimum absolute atomic E-state index is 0. The summed E-state index contributed by atoms with van der Waals surface area (Å²) in [5.74, 6) is -0.838. The van der Waals surface area contributed by atoms with E-state index in [9.17, 15) is 4.79 Å². The quantitative estimate of drug-likeness (QED) is 0.612. The molecule has 5 heteroatoms. The van der Waals surface area contributed by atoms with Gasteiger partial charge in [0.1, 0.15) is 5.75 Å². The van der Waals surface area contributed by atoms with Crippen molar-refractivity contribution in [1.29, 1.82) is 0 Å². The van der Waals surface area contributed by atoms with E-state index in [1.807, 2.05) is 0 Å². The normalized spacial score (nSPS) is 8.36. The van der Waals surface area contributed by atoms with Crippen molar-refractivity contribution >= 4 is 5.91 Å². The fourth-order valence-electron chi connectivity index (χ4n) is 0.594. The first-order valence-electron chi connectivity index (χ1n) is 2.64. The molecule has 0 spiro atoms. The van der Waals surface area contributed by atoms with Gasteiger partial charge in [0.2, 0.25) is 0 Å². The molecule has 0 radical (unpaired) electrons. The molecule has 60 valence electrons. The summed E-state index contributed by atoms with van der Waals surface area (Å²) in [7, 11) is 0. The van der Waals surface area contributed by atoms with Crippen molar-refractivity contribution in [3.05, 3.63) is 24.0 Å². The molecule has 0 aliphatic heterocycles. The molecule has 1 heterocycles. The van der Waals surface area contributed by atoms with Crippen LogP contribution in [0.4, 0.5) is 0 Å². The molecule has 0 atom stereocenters. The summed E-state index contributed by atoms with van der Waals surface area (Å²) < 4.78 is 0. The van der Waals surface area contributed by atoms with Crippen molar-refractivity contribution in [1.82, 2.24) is 4.98 Å². The summed E-state index contributed by atoms with van der Waals surface area (Å²) in [6, 6.07) is 1.36. The number of nitrogens with two attached hydrogens (primary N) is 1. The Morgan fingerprint density at radius 2 is 2.27 bits per heavy atom. The van der Waals surface area contributed by atoms with Crippen molar-refractivity contribution < 1.29 is 27.0 Å². The molecule has 0 saturated heterocycles. The Morgan fingerprint density at radius 3 is 2.64 bits per heavy atom. The van der Waals surface area contributed by atoms with Gasteiger partial charge < -0.3 is 10.8 Å². The molecule has 0 bridgehead atoms. The maximum Gasteiger partial charge on any atom is 0.252 e. The van der Waals surface area contributed by atoms with E-state index in [2.05, 4.69) is 4.98 Å². The predicted octanol–water partition coefficient (Wildman–Crippen LogP) is -0.116. The first-order valence-corrected chi connectivity index (χ1v) is 2.64. The van der Waals surface area contributed by atoms with Crippen molar-refractivity contribution in [3.8, 4) is 5.75 Å². The van der Waals surface area contributed by atoms with Gasteiger partial charge in [0, 0.05) is 23.3 Å². The van der Waals surface area contributed by atoms with Gasteiger partial charge in [-0.25, -0.2) is 0 Å². The van der Waals surface area contributed by atoms with Crippen LogP contribution in [0.2, 0.25) is 0 Å². The number of primary amides is 1. The SMILES string of the molecule is NC(=O)c1ccncc1O.[Fe]. The first-order chi connectivity index (χ1) is 4.72. The summed E-state index contributed by atoms with van der Waals surface area (Å²) in [5, 5.41) is 8.92. The van der Waals surface area contributed by atoms with Crippen LogP contribution in [0.15, 0.2) is 18.5 Å². The Hall–Kier alpha value is -1.06. The molecule has 1 amide bonds. The number of rotatable bonds is 1. The molecule has 1 rings (SSSR count). The number of nitrogens with zero attached hydrogens (tertiary/aromatic N) is 1. The third kappa shape index (κ3) is 2.22. The van der Waals surface area contributed by atoms with Crippen molar-refractivity contribution in [2.24, 2.45) is 5.73 Å². The first kappa shape index (κ1) is 9.94. The molecule has 4 nitrogen and oxygen atoms in total. The average Bonchev–Trinajstić information content (AvgIpc) is 1.88. The molecule has 0 saturated carbocycles. The zero-order valence-corrected chi connectivity index (χ0v) is 6.57. The topological polar surface area (TPSA) is 76.2 Å². The summed E-state index contributed by atoms with van der Waals surface area (Å²) in [5.41, 5.74) is 4.98. The number of pyridine rings is 1. The number of aromatic hydroxyl groups is 1. The van der Waals surface area contributed by atoms with Crippen LogP contribution in [0.5, 0.6) is 5.75 Å². The third-order valence-corrected chi connectivity index (χ3v) is 1.07. The third-order valence-electron chi connectivity index (χ3n) is 1.07. The van der Waals surface area contributed by atoms with Crippen LogP contribution in [0, 0.1) is 0 Å². The number of carbonyl (C=O) groups excluding carboxylic acids is 1. The van der Waals surface area contributed by atoms with E-state index in [-0.39, 0.29) is 28.4 Å². The predicted molar refractivity (Wildman–Crippen MR) is 34.4 cm³/mol. The maximum atomic E-state index is 10.5.